The van der Waals surface area contributed by atoms with Crippen LogP contribution in [0.3, 0.4) is 0 Å². The Hall–Kier alpha value is -1.63. The van der Waals surface area contributed by atoms with Crippen LogP contribution in [0.25, 0.3) is 0 Å². The summed E-state index contributed by atoms with van der Waals surface area (Å²) < 4.78 is 24.2. The molecule has 0 radical (unpaired) electrons. The summed E-state index contributed by atoms with van der Waals surface area (Å²) in [6.45, 7) is 1.64. The first-order chi connectivity index (χ1) is 8.93. The molecule has 19 heavy (non-hydrogen) atoms. The number of nitrogens with one attached hydrogen (secondary N) is 1. The molecule has 0 aliphatic rings. The minimum Gasteiger partial charge on any atom is -0.480 e. The first kappa shape index (κ1) is 15.4. The Morgan fingerprint density at radius 1 is 1.32 bits per heavy atom. The van der Waals surface area contributed by atoms with Crippen molar-refractivity contribution in [3.05, 3.63) is 29.8 Å². The molecule has 0 aliphatic carbocycles. The first-order valence-electron chi connectivity index (χ1n) is 5.52. The van der Waals surface area contributed by atoms with Crippen LogP contribution in [-0.4, -0.2) is 28.8 Å². The van der Waals surface area contributed by atoms with Gasteiger partial charge in [-0.15, -0.1) is 0 Å². The molecule has 0 saturated carbocycles. The van der Waals surface area contributed by atoms with Crippen molar-refractivity contribution in [2.24, 2.45) is 0 Å². The summed E-state index contributed by atoms with van der Waals surface area (Å²) >= 11 is 0.383. The minimum atomic E-state index is -2.52. The van der Waals surface area contributed by atoms with Gasteiger partial charge in [-0.3, -0.25) is 4.79 Å². The van der Waals surface area contributed by atoms with Gasteiger partial charge in [0, 0.05) is 10.5 Å². The van der Waals surface area contributed by atoms with Crippen molar-refractivity contribution in [3.8, 4) is 0 Å². The molecule has 0 heterocycles. The van der Waals surface area contributed by atoms with Crippen LogP contribution in [0.2, 0.25) is 0 Å². The Balaban J connectivity index is 2.70. The summed E-state index contributed by atoms with van der Waals surface area (Å²) in [6.07, 6.45) is 0.264. The molecule has 0 spiro atoms. The summed E-state index contributed by atoms with van der Waals surface area (Å²) in [6, 6.07) is 4.60. The van der Waals surface area contributed by atoms with Crippen molar-refractivity contribution in [1.82, 2.24) is 5.32 Å². The molecule has 0 fully saturated rings. The molecule has 104 valence electrons. The van der Waals surface area contributed by atoms with Crippen molar-refractivity contribution < 1.29 is 23.5 Å². The fourth-order valence-corrected chi connectivity index (χ4v) is 1.87. The number of rotatable bonds is 6. The molecule has 1 rings (SSSR count). The number of carboxylic acids is 1. The lowest BCUT2D eigenvalue weighted by Gasteiger charge is -2.12. The zero-order chi connectivity index (χ0) is 14.4. The molecule has 2 N–H and O–H groups in total. The second-order valence-corrected chi connectivity index (χ2v) is 4.74. The Kier molecular flexibility index (Phi) is 5.75. The topological polar surface area (TPSA) is 66.4 Å². The van der Waals surface area contributed by atoms with Crippen LogP contribution in [0, 0.1) is 0 Å². The van der Waals surface area contributed by atoms with E-state index in [0.29, 0.717) is 16.7 Å². The standard InChI is InChI=1S/C12H13F2NO3S/c1-2-9(11(17)18)15-10(16)7-3-5-8(6-4-7)19-12(13)14/h3-6,9,12H,2H2,1H3,(H,15,16)(H,17,18)/t9-/m1/s1. The van der Waals surface area contributed by atoms with Gasteiger partial charge in [-0.25, -0.2) is 4.79 Å². The van der Waals surface area contributed by atoms with E-state index in [9.17, 15) is 18.4 Å². The number of carboxylic acid groups (broad SMARTS) is 1. The molecular formula is C12H13F2NO3S. The quantitative estimate of drug-likeness (QED) is 0.790. The fourth-order valence-electron chi connectivity index (χ4n) is 1.37. The van der Waals surface area contributed by atoms with E-state index in [1.807, 2.05) is 0 Å². The van der Waals surface area contributed by atoms with Crippen molar-refractivity contribution in [1.29, 1.82) is 0 Å². The van der Waals surface area contributed by atoms with Crippen LogP contribution >= 0.6 is 11.8 Å². The predicted molar refractivity (Wildman–Crippen MR) is 67.5 cm³/mol. The van der Waals surface area contributed by atoms with Crippen LogP contribution in [0.5, 0.6) is 0 Å². The van der Waals surface area contributed by atoms with Crippen molar-refractivity contribution in [3.63, 3.8) is 0 Å². The van der Waals surface area contributed by atoms with Crippen molar-refractivity contribution >= 4 is 23.6 Å². The van der Waals surface area contributed by atoms with Crippen LogP contribution in [0.1, 0.15) is 23.7 Å². The van der Waals surface area contributed by atoms with Gasteiger partial charge < -0.3 is 10.4 Å². The van der Waals surface area contributed by atoms with E-state index in [0.717, 1.165) is 0 Å². The van der Waals surface area contributed by atoms with Gasteiger partial charge in [-0.05, 0) is 30.7 Å². The average Bonchev–Trinajstić information content (AvgIpc) is 2.35. The number of carbonyl (C=O) groups is 2. The number of alkyl halides is 2. The maximum absolute atomic E-state index is 12.1. The molecule has 0 saturated heterocycles. The largest absolute Gasteiger partial charge is 0.480 e. The number of thioether (sulfide) groups is 1. The van der Waals surface area contributed by atoms with Gasteiger partial charge in [0.05, 0.1) is 0 Å². The smallest absolute Gasteiger partial charge is 0.326 e. The number of carbonyl (C=O) groups excluding carboxylic acids is 1. The zero-order valence-electron chi connectivity index (χ0n) is 10.1. The molecule has 0 aliphatic heterocycles. The molecule has 1 aromatic rings. The Morgan fingerprint density at radius 3 is 2.32 bits per heavy atom. The molecule has 1 aromatic carbocycles. The summed E-state index contributed by atoms with van der Waals surface area (Å²) in [7, 11) is 0. The summed E-state index contributed by atoms with van der Waals surface area (Å²) in [5.74, 6) is -4.17. The SMILES string of the molecule is CC[C@@H](NC(=O)c1ccc(SC(F)F)cc1)C(=O)O. The maximum atomic E-state index is 12.1. The first-order valence-corrected chi connectivity index (χ1v) is 6.40. The third-order valence-corrected chi connectivity index (χ3v) is 3.08. The van der Waals surface area contributed by atoms with Crippen LogP contribution < -0.4 is 5.32 Å². The van der Waals surface area contributed by atoms with E-state index in [1.165, 1.54) is 24.3 Å². The lowest BCUT2D eigenvalue weighted by molar-refractivity contribution is -0.139. The number of halogens is 2. The van der Waals surface area contributed by atoms with Crippen LogP contribution in [-0.2, 0) is 4.79 Å². The van der Waals surface area contributed by atoms with Gasteiger partial charge in [-0.2, -0.15) is 8.78 Å². The molecule has 0 bridgehead atoms. The summed E-state index contributed by atoms with van der Waals surface area (Å²) in [5, 5.41) is 11.2. The lowest BCUT2D eigenvalue weighted by Crippen LogP contribution is -2.40. The third-order valence-electron chi connectivity index (χ3n) is 2.35. The second-order valence-electron chi connectivity index (χ2n) is 3.68. The van der Waals surface area contributed by atoms with Gasteiger partial charge in [0.15, 0.2) is 0 Å². The van der Waals surface area contributed by atoms with Crippen LogP contribution in [0.15, 0.2) is 29.2 Å². The highest BCUT2D eigenvalue weighted by Gasteiger charge is 2.18. The molecule has 4 nitrogen and oxygen atoms in total. The summed E-state index contributed by atoms with van der Waals surface area (Å²) in [4.78, 5) is 22.8. The highest BCUT2D eigenvalue weighted by atomic mass is 32.2. The normalized spacial score (nSPS) is 12.2. The number of benzene rings is 1. The number of hydrogen-bond donors (Lipinski definition) is 2. The number of amides is 1. The van der Waals surface area contributed by atoms with Gasteiger partial charge in [0.2, 0.25) is 0 Å². The second kappa shape index (κ2) is 7.08. The maximum Gasteiger partial charge on any atom is 0.326 e. The zero-order valence-corrected chi connectivity index (χ0v) is 10.9. The van der Waals surface area contributed by atoms with Gasteiger partial charge >= 0.3 is 5.97 Å². The van der Waals surface area contributed by atoms with Crippen molar-refractivity contribution in [2.45, 2.75) is 30.0 Å². The van der Waals surface area contributed by atoms with Crippen LogP contribution in [0.4, 0.5) is 8.78 Å². The minimum absolute atomic E-state index is 0.235. The predicted octanol–water partition coefficient (Wildman–Crippen LogP) is 2.59. The Morgan fingerprint density at radius 2 is 1.89 bits per heavy atom. The third kappa shape index (κ3) is 4.86. The molecule has 1 atom stereocenters. The van der Waals surface area contributed by atoms with E-state index >= 15 is 0 Å². The van der Waals surface area contributed by atoms with Gasteiger partial charge in [-0.1, -0.05) is 18.7 Å². The molecule has 1 amide bonds. The Bertz CT molecular complexity index is 451. The molecular weight excluding hydrogens is 276 g/mol. The van der Waals surface area contributed by atoms with E-state index in [4.69, 9.17) is 5.11 Å². The molecule has 0 unspecified atom stereocenters. The average molecular weight is 289 g/mol. The highest BCUT2D eigenvalue weighted by molar-refractivity contribution is 7.99. The van der Waals surface area contributed by atoms with Gasteiger partial charge in [0.25, 0.3) is 11.7 Å². The molecule has 0 aromatic heterocycles. The monoisotopic (exact) mass is 289 g/mol. The Labute approximate surface area is 113 Å². The molecule has 7 heteroatoms. The fraction of sp³-hybridized carbons (Fsp3) is 0.333. The van der Waals surface area contributed by atoms with E-state index < -0.39 is 23.7 Å². The number of aliphatic carboxylic acids is 1. The summed E-state index contributed by atoms with van der Waals surface area (Å²) in [5.41, 5.74) is 0.235. The van der Waals surface area contributed by atoms with E-state index in [2.05, 4.69) is 5.32 Å². The van der Waals surface area contributed by atoms with Gasteiger partial charge in [0.1, 0.15) is 6.04 Å². The lowest BCUT2D eigenvalue weighted by atomic mass is 10.1. The van der Waals surface area contributed by atoms with E-state index in [-0.39, 0.29) is 12.0 Å². The van der Waals surface area contributed by atoms with Crippen molar-refractivity contribution in [2.75, 3.05) is 0 Å². The van der Waals surface area contributed by atoms with E-state index in [1.54, 1.807) is 6.92 Å². The highest BCUT2D eigenvalue weighted by Crippen LogP contribution is 2.25. The number of hydrogen-bond acceptors (Lipinski definition) is 3.